The van der Waals surface area contributed by atoms with Gasteiger partial charge in [0.25, 0.3) is 5.91 Å². The summed E-state index contributed by atoms with van der Waals surface area (Å²) in [6, 6.07) is 12.2. The minimum absolute atomic E-state index is 0.135. The summed E-state index contributed by atoms with van der Waals surface area (Å²) in [5.41, 5.74) is 2.07. The van der Waals surface area contributed by atoms with Gasteiger partial charge in [-0.2, -0.15) is 4.98 Å². The van der Waals surface area contributed by atoms with E-state index in [-0.39, 0.29) is 18.0 Å². The number of aryl methyl sites for hydroxylation is 1. The first-order valence-electron chi connectivity index (χ1n) is 11.4. The predicted octanol–water partition coefficient (Wildman–Crippen LogP) is 4.52. The molecule has 3 heterocycles. The third-order valence-electron chi connectivity index (χ3n) is 5.69. The van der Waals surface area contributed by atoms with Crippen molar-refractivity contribution in [2.75, 3.05) is 11.9 Å². The summed E-state index contributed by atoms with van der Waals surface area (Å²) >= 11 is 0. The minimum atomic E-state index is -0.494. The molecule has 0 bridgehead atoms. The van der Waals surface area contributed by atoms with Gasteiger partial charge in [-0.05, 0) is 55.0 Å². The molecule has 0 spiro atoms. The largest absolute Gasteiger partial charge is 0.352 e. The average Bonchev–Trinajstić information content (AvgIpc) is 3.55. The van der Waals surface area contributed by atoms with Crippen LogP contribution in [0.3, 0.4) is 0 Å². The zero-order valence-corrected chi connectivity index (χ0v) is 19.2. The third kappa shape index (κ3) is 5.38. The molecule has 0 aliphatic carbocycles. The number of aromatic nitrogens is 5. The molecule has 0 unspecified atom stereocenters. The van der Waals surface area contributed by atoms with E-state index in [1.807, 2.05) is 16.8 Å². The fraction of sp³-hybridized carbons (Fsp3) is 0.154. The molecule has 0 radical (unpaired) electrons. The van der Waals surface area contributed by atoms with Gasteiger partial charge >= 0.3 is 0 Å². The number of hydrogen-bond donors (Lipinski definition) is 2. The van der Waals surface area contributed by atoms with Crippen LogP contribution < -0.4 is 10.6 Å². The second-order valence-corrected chi connectivity index (χ2v) is 8.26. The highest BCUT2D eigenvalue weighted by atomic mass is 19.1. The second kappa shape index (κ2) is 10.3. The van der Waals surface area contributed by atoms with Crippen LogP contribution in [-0.2, 0) is 13.1 Å². The van der Waals surface area contributed by atoms with Crippen LogP contribution in [0, 0.1) is 11.6 Å². The van der Waals surface area contributed by atoms with Crippen LogP contribution in [0.25, 0.3) is 11.0 Å². The zero-order valence-electron chi connectivity index (χ0n) is 19.2. The number of fused-ring (bicyclic) bond motifs is 1. The number of amides is 1. The van der Waals surface area contributed by atoms with Crippen LogP contribution in [0.4, 0.5) is 20.4 Å². The number of halogens is 2. The van der Waals surface area contributed by atoms with E-state index in [4.69, 9.17) is 0 Å². The van der Waals surface area contributed by atoms with E-state index in [9.17, 15) is 13.6 Å². The summed E-state index contributed by atoms with van der Waals surface area (Å²) in [5.74, 6) is -0.773. The van der Waals surface area contributed by atoms with E-state index in [1.165, 1.54) is 6.07 Å². The van der Waals surface area contributed by atoms with Crippen LogP contribution in [-0.4, -0.2) is 36.5 Å². The molecule has 36 heavy (non-hydrogen) atoms. The molecule has 5 aromatic rings. The maximum atomic E-state index is 14.1. The highest BCUT2D eigenvalue weighted by Gasteiger charge is 2.10. The van der Waals surface area contributed by atoms with Gasteiger partial charge in [0.2, 0.25) is 5.95 Å². The van der Waals surface area contributed by atoms with Crippen molar-refractivity contribution in [1.29, 1.82) is 0 Å². The summed E-state index contributed by atoms with van der Waals surface area (Å²) in [6.45, 7) is 1.48. The van der Waals surface area contributed by atoms with Crippen molar-refractivity contribution in [2.24, 2.45) is 0 Å². The molecule has 1 amide bonds. The Labute approximate surface area is 205 Å². The van der Waals surface area contributed by atoms with Gasteiger partial charge in [-0.25, -0.2) is 18.7 Å². The van der Waals surface area contributed by atoms with Gasteiger partial charge in [0, 0.05) is 60.1 Å². The lowest BCUT2D eigenvalue weighted by molar-refractivity contribution is 0.0952. The fourth-order valence-corrected chi connectivity index (χ4v) is 3.83. The molecule has 2 aromatic carbocycles. The first kappa shape index (κ1) is 23.2. The van der Waals surface area contributed by atoms with Gasteiger partial charge in [-0.15, -0.1) is 0 Å². The second-order valence-electron chi connectivity index (χ2n) is 8.26. The monoisotopic (exact) mass is 487 g/mol. The summed E-state index contributed by atoms with van der Waals surface area (Å²) in [6.07, 6.45) is 9.58. The van der Waals surface area contributed by atoms with Gasteiger partial charge in [0.05, 0.1) is 12.9 Å². The van der Waals surface area contributed by atoms with Crippen LogP contribution in [0.5, 0.6) is 0 Å². The molecule has 8 nitrogen and oxygen atoms in total. The Kier molecular flexibility index (Phi) is 6.65. The summed E-state index contributed by atoms with van der Waals surface area (Å²) in [5, 5.41) is 6.81. The van der Waals surface area contributed by atoms with Crippen molar-refractivity contribution in [1.82, 2.24) is 29.4 Å². The van der Waals surface area contributed by atoms with E-state index in [1.54, 1.807) is 53.8 Å². The number of rotatable bonds is 9. The smallest absolute Gasteiger partial charge is 0.251 e. The Morgan fingerprint density at radius 3 is 2.69 bits per heavy atom. The Morgan fingerprint density at radius 1 is 1.03 bits per heavy atom. The molecule has 0 saturated heterocycles. The molecular weight excluding hydrogens is 464 g/mol. The van der Waals surface area contributed by atoms with Crippen molar-refractivity contribution in [3.8, 4) is 0 Å². The standard InChI is InChI=1S/C26H23F2N7O/c27-21-4-7-23(28)20(14-21)16-35-12-8-19-15-31-26(33-24(19)35)32-22-5-2-18(3-6-22)25(36)30-9-1-11-34-13-10-29-17-34/h2-8,10,12-15,17H,1,9,11,16H2,(H,30,36)(H,31,32,33). The number of nitrogens with one attached hydrogen (secondary N) is 2. The van der Waals surface area contributed by atoms with E-state index in [0.29, 0.717) is 29.4 Å². The zero-order chi connectivity index (χ0) is 24.9. The molecule has 10 heteroatoms. The number of hydrogen-bond acceptors (Lipinski definition) is 5. The molecule has 5 rings (SSSR count). The van der Waals surface area contributed by atoms with Crippen molar-refractivity contribution < 1.29 is 13.6 Å². The van der Waals surface area contributed by atoms with Crippen LogP contribution in [0.2, 0.25) is 0 Å². The SMILES string of the molecule is O=C(NCCCn1ccnc1)c1ccc(Nc2ncc3ccn(Cc4cc(F)ccc4F)c3n2)cc1. The van der Waals surface area contributed by atoms with Gasteiger partial charge < -0.3 is 19.8 Å². The fourth-order valence-electron chi connectivity index (χ4n) is 3.83. The van der Waals surface area contributed by atoms with Gasteiger partial charge in [-0.1, -0.05) is 0 Å². The lowest BCUT2D eigenvalue weighted by Gasteiger charge is -2.09. The summed E-state index contributed by atoms with van der Waals surface area (Å²) in [7, 11) is 0. The van der Waals surface area contributed by atoms with Crippen LogP contribution in [0.15, 0.2) is 79.6 Å². The van der Waals surface area contributed by atoms with Crippen molar-refractivity contribution in [3.05, 3.63) is 102 Å². The van der Waals surface area contributed by atoms with Crippen molar-refractivity contribution >= 4 is 28.6 Å². The first-order valence-corrected chi connectivity index (χ1v) is 11.4. The highest BCUT2D eigenvalue weighted by Crippen LogP contribution is 2.20. The lowest BCUT2D eigenvalue weighted by Crippen LogP contribution is -2.25. The molecule has 0 aliphatic heterocycles. The van der Waals surface area contributed by atoms with Gasteiger partial charge in [0.1, 0.15) is 17.3 Å². The molecule has 2 N–H and O–H groups in total. The molecule has 3 aromatic heterocycles. The maximum Gasteiger partial charge on any atom is 0.251 e. The lowest BCUT2D eigenvalue weighted by atomic mass is 10.2. The molecular formula is C26H23F2N7O. The number of benzene rings is 2. The normalized spacial score (nSPS) is 11.1. The maximum absolute atomic E-state index is 14.1. The third-order valence-corrected chi connectivity index (χ3v) is 5.69. The Hall–Kier alpha value is -4.60. The van der Waals surface area contributed by atoms with E-state index in [0.717, 1.165) is 30.5 Å². The molecule has 0 saturated carbocycles. The Morgan fingerprint density at radius 2 is 1.89 bits per heavy atom. The number of nitrogens with zero attached hydrogens (tertiary/aromatic N) is 5. The predicted molar refractivity (Wildman–Crippen MR) is 132 cm³/mol. The topological polar surface area (TPSA) is 89.7 Å². The number of carbonyl (C=O) groups is 1. The number of imidazole rings is 1. The van der Waals surface area contributed by atoms with Gasteiger partial charge in [0.15, 0.2) is 0 Å². The number of anilines is 2. The van der Waals surface area contributed by atoms with Gasteiger partial charge in [-0.3, -0.25) is 4.79 Å². The molecule has 0 atom stereocenters. The first-order chi connectivity index (χ1) is 17.5. The van der Waals surface area contributed by atoms with E-state index >= 15 is 0 Å². The molecule has 182 valence electrons. The van der Waals surface area contributed by atoms with E-state index in [2.05, 4.69) is 25.6 Å². The molecule has 0 aliphatic rings. The summed E-state index contributed by atoms with van der Waals surface area (Å²) in [4.78, 5) is 25.3. The van der Waals surface area contributed by atoms with E-state index < -0.39 is 11.6 Å². The average molecular weight is 488 g/mol. The minimum Gasteiger partial charge on any atom is -0.352 e. The van der Waals surface area contributed by atoms with Crippen LogP contribution >= 0.6 is 0 Å². The summed E-state index contributed by atoms with van der Waals surface area (Å²) < 4.78 is 31.4. The van der Waals surface area contributed by atoms with Crippen molar-refractivity contribution in [3.63, 3.8) is 0 Å². The molecule has 0 fully saturated rings. The highest BCUT2D eigenvalue weighted by molar-refractivity contribution is 5.94. The quantitative estimate of drug-likeness (QED) is 0.299. The Bertz CT molecular complexity index is 1480. The Balaban J connectivity index is 1.22. The van der Waals surface area contributed by atoms with Crippen molar-refractivity contribution in [2.45, 2.75) is 19.5 Å². The number of carbonyl (C=O) groups excluding carboxylic acids is 1. The van der Waals surface area contributed by atoms with Crippen LogP contribution in [0.1, 0.15) is 22.3 Å².